The van der Waals surface area contributed by atoms with Gasteiger partial charge in [0, 0.05) is 6.20 Å². The third kappa shape index (κ3) is 1.12. The zero-order valence-electron chi connectivity index (χ0n) is 4.10. The first kappa shape index (κ1) is 5.87. The second-order valence-electron chi connectivity index (χ2n) is 1.40. The van der Waals surface area contributed by atoms with Crippen LogP contribution < -0.4 is 5.32 Å². The summed E-state index contributed by atoms with van der Waals surface area (Å²) in [7, 11) is 0. The van der Waals surface area contributed by atoms with E-state index in [2.05, 4.69) is 5.32 Å². The Hall–Kier alpha value is -0.260. The van der Waals surface area contributed by atoms with E-state index in [9.17, 15) is 4.79 Å². The number of nitrogens with zero attached hydrogens (tertiary/aromatic N) is 1. The van der Waals surface area contributed by atoms with Gasteiger partial charge in [-0.1, -0.05) is 0 Å². The maximum Gasteiger partial charge on any atom is 0.330 e. The van der Waals surface area contributed by atoms with E-state index >= 15 is 0 Å². The molecule has 1 aliphatic rings. The van der Waals surface area contributed by atoms with Crippen molar-refractivity contribution in [2.24, 2.45) is 0 Å². The SMILES string of the molecule is O=C1NC=CCN1I. The van der Waals surface area contributed by atoms with E-state index in [1.165, 1.54) is 0 Å². The average Bonchev–Trinajstić information content (AvgIpc) is 1.77. The molecule has 2 amide bonds. The molecule has 0 aromatic heterocycles. The maximum atomic E-state index is 10.6. The number of nitrogens with one attached hydrogen (secondary N) is 1. The minimum Gasteiger partial charge on any atom is -0.314 e. The largest absolute Gasteiger partial charge is 0.330 e. The Bertz CT molecular complexity index is 134. The second kappa shape index (κ2) is 2.34. The summed E-state index contributed by atoms with van der Waals surface area (Å²) in [5.74, 6) is 0. The monoisotopic (exact) mass is 224 g/mol. The molecule has 4 heteroatoms. The van der Waals surface area contributed by atoms with Gasteiger partial charge in [-0.2, -0.15) is 0 Å². The number of urea groups is 1. The number of rotatable bonds is 0. The van der Waals surface area contributed by atoms with Gasteiger partial charge in [-0.05, 0) is 6.08 Å². The Morgan fingerprint density at radius 1 is 1.88 bits per heavy atom. The Labute approximate surface area is 61.2 Å². The summed E-state index contributed by atoms with van der Waals surface area (Å²) in [4.78, 5) is 10.6. The second-order valence-corrected chi connectivity index (χ2v) is 2.56. The minimum absolute atomic E-state index is 0.0481. The summed E-state index contributed by atoms with van der Waals surface area (Å²) in [6, 6.07) is -0.0481. The van der Waals surface area contributed by atoms with Gasteiger partial charge in [-0.3, -0.25) is 3.11 Å². The lowest BCUT2D eigenvalue weighted by molar-refractivity contribution is 0.233. The van der Waals surface area contributed by atoms with E-state index in [0.717, 1.165) is 0 Å². The fraction of sp³-hybridized carbons (Fsp3) is 0.250. The third-order valence-electron chi connectivity index (χ3n) is 0.811. The van der Waals surface area contributed by atoms with Crippen LogP contribution in [0.15, 0.2) is 12.3 Å². The number of carbonyl (C=O) groups is 1. The van der Waals surface area contributed by atoms with E-state index in [4.69, 9.17) is 0 Å². The molecule has 0 aromatic rings. The Morgan fingerprint density at radius 3 is 3.00 bits per heavy atom. The molecule has 8 heavy (non-hydrogen) atoms. The highest BCUT2D eigenvalue weighted by Gasteiger charge is 2.08. The van der Waals surface area contributed by atoms with Crippen LogP contribution in [0.3, 0.4) is 0 Å². The van der Waals surface area contributed by atoms with Crippen molar-refractivity contribution >= 4 is 28.9 Å². The van der Waals surface area contributed by atoms with Crippen LogP contribution in [0.5, 0.6) is 0 Å². The van der Waals surface area contributed by atoms with Crippen LogP contribution in [0.1, 0.15) is 0 Å². The van der Waals surface area contributed by atoms with E-state index in [0.29, 0.717) is 6.54 Å². The van der Waals surface area contributed by atoms with E-state index in [-0.39, 0.29) is 6.03 Å². The van der Waals surface area contributed by atoms with Gasteiger partial charge in [0.1, 0.15) is 0 Å². The van der Waals surface area contributed by atoms with Gasteiger partial charge in [0.15, 0.2) is 0 Å². The highest BCUT2D eigenvalue weighted by Crippen LogP contribution is 2.01. The Kier molecular flexibility index (Phi) is 1.72. The van der Waals surface area contributed by atoms with Crippen molar-refractivity contribution in [2.75, 3.05) is 6.54 Å². The van der Waals surface area contributed by atoms with Gasteiger partial charge in [0.25, 0.3) is 0 Å². The molecule has 0 fully saturated rings. The lowest BCUT2D eigenvalue weighted by Crippen LogP contribution is -2.33. The van der Waals surface area contributed by atoms with Crippen LogP contribution >= 0.6 is 22.9 Å². The maximum absolute atomic E-state index is 10.6. The molecule has 0 aliphatic carbocycles. The van der Waals surface area contributed by atoms with Crippen LogP contribution in [0.4, 0.5) is 4.79 Å². The number of carbonyl (C=O) groups excluding carboxylic acids is 1. The lowest BCUT2D eigenvalue weighted by atomic mass is 10.5. The number of hydrogen-bond donors (Lipinski definition) is 1. The summed E-state index contributed by atoms with van der Waals surface area (Å²) in [5, 5.41) is 2.53. The first-order chi connectivity index (χ1) is 3.80. The fourth-order valence-electron chi connectivity index (χ4n) is 0.428. The van der Waals surface area contributed by atoms with Crippen molar-refractivity contribution < 1.29 is 4.79 Å². The van der Waals surface area contributed by atoms with Crippen molar-refractivity contribution in [1.29, 1.82) is 0 Å². The van der Waals surface area contributed by atoms with Crippen LogP contribution in [0.25, 0.3) is 0 Å². The summed E-state index contributed by atoms with van der Waals surface area (Å²) >= 11 is 1.95. The lowest BCUT2D eigenvalue weighted by Gasteiger charge is -2.14. The standard InChI is InChI=1S/C4H5IN2O/c5-7-3-1-2-6-4(7)8/h1-2H,3H2,(H,6,8). The van der Waals surface area contributed by atoms with Crippen molar-refractivity contribution in [1.82, 2.24) is 8.43 Å². The highest BCUT2D eigenvalue weighted by molar-refractivity contribution is 14.1. The Morgan fingerprint density at radius 2 is 2.62 bits per heavy atom. The first-order valence-electron chi connectivity index (χ1n) is 2.19. The van der Waals surface area contributed by atoms with E-state index in [1.807, 2.05) is 28.9 Å². The van der Waals surface area contributed by atoms with Gasteiger partial charge in [-0.25, -0.2) is 4.79 Å². The average molecular weight is 224 g/mol. The van der Waals surface area contributed by atoms with Crippen LogP contribution in [0.2, 0.25) is 0 Å². The summed E-state index contributed by atoms with van der Waals surface area (Å²) in [5.41, 5.74) is 0. The minimum atomic E-state index is -0.0481. The molecule has 0 atom stereocenters. The highest BCUT2D eigenvalue weighted by atomic mass is 127. The van der Waals surface area contributed by atoms with Crippen molar-refractivity contribution in [3.05, 3.63) is 12.3 Å². The molecule has 44 valence electrons. The molecule has 1 aliphatic heterocycles. The van der Waals surface area contributed by atoms with Gasteiger partial charge >= 0.3 is 6.03 Å². The van der Waals surface area contributed by atoms with Gasteiger partial charge in [-0.15, -0.1) is 0 Å². The summed E-state index contributed by atoms with van der Waals surface area (Å²) in [6.45, 7) is 0.701. The molecule has 1 rings (SSSR count). The number of hydrogen-bond acceptors (Lipinski definition) is 1. The number of amides is 2. The topological polar surface area (TPSA) is 32.3 Å². The number of halogens is 1. The zero-order valence-corrected chi connectivity index (χ0v) is 6.25. The van der Waals surface area contributed by atoms with Crippen LogP contribution in [-0.4, -0.2) is 15.7 Å². The van der Waals surface area contributed by atoms with E-state index < -0.39 is 0 Å². The third-order valence-corrected chi connectivity index (χ3v) is 1.64. The fourth-order valence-corrected chi connectivity index (χ4v) is 0.795. The van der Waals surface area contributed by atoms with Crippen molar-refractivity contribution in [2.45, 2.75) is 0 Å². The summed E-state index contributed by atoms with van der Waals surface area (Å²) in [6.07, 6.45) is 3.53. The molecule has 1 N–H and O–H groups in total. The quantitative estimate of drug-likeness (QED) is 0.480. The molecule has 0 saturated heterocycles. The molecular weight excluding hydrogens is 219 g/mol. The van der Waals surface area contributed by atoms with Gasteiger partial charge < -0.3 is 5.32 Å². The molecule has 0 spiro atoms. The van der Waals surface area contributed by atoms with Crippen molar-refractivity contribution in [3.63, 3.8) is 0 Å². The molecule has 3 nitrogen and oxygen atoms in total. The molecule has 0 bridgehead atoms. The first-order valence-corrected chi connectivity index (χ1v) is 3.16. The Balaban J connectivity index is 2.57. The van der Waals surface area contributed by atoms with Crippen molar-refractivity contribution in [3.8, 4) is 0 Å². The molecular formula is C4H5IN2O. The predicted octanol–water partition coefficient (Wildman–Crippen LogP) is 0.875. The van der Waals surface area contributed by atoms with Crippen LogP contribution in [-0.2, 0) is 0 Å². The smallest absolute Gasteiger partial charge is 0.314 e. The normalized spacial score (nSPS) is 18.6. The molecule has 0 radical (unpaired) electrons. The van der Waals surface area contributed by atoms with E-state index in [1.54, 1.807) is 9.31 Å². The molecule has 0 saturated carbocycles. The predicted molar refractivity (Wildman–Crippen MR) is 38.4 cm³/mol. The van der Waals surface area contributed by atoms with Gasteiger partial charge in [0.2, 0.25) is 0 Å². The molecule has 0 unspecified atom stereocenters. The van der Waals surface area contributed by atoms with Gasteiger partial charge in [0.05, 0.1) is 29.4 Å². The molecule has 0 aromatic carbocycles. The zero-order chi connectivity index (χ0) is 5.98. The van der Waals surface area contributed by atoms with Crippen LogP contribution in [0, 0.1) is 0 Å². The molecule has 1 heterocycles. The summed E-state index contributed by atoms with van der Waals surface area (Å²) < 4.78 is 1.57.